The number of halogens is 1. The number of hydrogen-bond donors (Lipinski definition) is 2. The maximum Gasteiger partial charge on any atom is 0.189 e. The molecule has 0 spiro atoms. The van der Waals surface area contributed by atoms with E-state index < -0.39 is 0 Å². The molecule has 3 N–H and O–H groups in total. The van der Waals surface area contributed by atoms with E-state index in [0.717, 1.165) is 5.56 Å². The fourth-order valence-electron chi connectivity index (χ4n) is 1.40. The zero-order valence-electron chi connectivity index (χ0n) is 9.92. The number of benzene rings is 1. The standard InChI is InChI=1S/C12H18FN3/c1-4-15-12(14)16-9(3)10-6-5-8(2)11(13)7-10/h5-7,9H,4H2,1-3H3,(H3,14,15,16). The Hall–Kier alpha value is -1.58. The molecular weight excluding hydrogens is 205 g/mol. The molecule has 1 atom stereocenters. The lowest BCUT2D eigenvalue weighted by atomic mass is 10.1. The predicted molar refractivity (Wildman–Crippen MR) is 64.9 cm³/mol. The van der Waals surface area contributed by atoms with E-state index in [4.69, 9.17) is 5.73 Å². The molecule has 0 radical (unpaired) electrons. The van der Waals surface area contributed by atoms with Gasteiger partial charge < -0.3 is 11.1 Å². The van der Waals surface area contributed by atoms with Crippen LogP contribution in [-0.4, -0.2) is 12.5 Å². The van der Waals surface area contributed by atoms with Crippen molar-refractivity contribution in [1.29, 1.82) is 0 Å². The first-order valence-corrected chi connectivity index (χ1v) is 5.37. The van der Waals surface area contributed by atoms with Gasteiger partial charge in [-0.1, -0.05) is 12.1 Å². The van der Waals surface area contributed by atoms with Gasteiger partial charge in [-0.2, -0.15) is 0 Å². The monoisotopic (exact) mass is 223 g/mol. The second kappa shape index (κ2) is 5.49. The minimum atomic E-state index is -0.197. The third-order valence-corrected chi connectivity index (χ3v) is 2.39. The van der Waals surface area contributed by atoms with Crippen LogP contribution in [-0.2, 0) is 0 Å². The summed E-state index contributed by atoms with van der Waals surface area (Å²) in [7, 11) is 0. The van der Waals surface area contributed by atoms with Crippen molar-refractivity contribution >= 4 is 5.96 Å². The molecule has 0 fully saturated rings. The number of aryl methyl sites for hydroxylation is 1. The molecule has 0 bridgehead atoms. The molecule has 1 aromatic rings. The smallest absolute Gasteiger partial charge is 0.189 e. The Morgan fingerprint density at radius 3 is 2.81 bits per heavy atom. The fourth-order valence-corrected chi connectivity index (χ4v) is 1.40. The van der Waals surface area contributed by atoms with Gasteiger partial charge in [0.05, 0.1) is 6.04 Å². The van der Waals surface area contributed by atoms with Crippen molar-refractivity contribution < 1.29 is 4.39 Å². The number of guanidine groups is 1. The average Bonchev–Trinajstić information content (AvgIpc) is 2.22. The third-order valence-electron chi connectivity index (χ3n) is 2.39. The molecule has 0 aliphatic rings. The van der Waals surface area contributed by atoms with Crippen LogP contribution in [0.4, 0.5) is 4.39 Å². The molecule has 0 aliphatic carbocycles. The maximum absolute atomic E-state index is 13.3. The van der Waals surface area contributed by atoms with Crippen LogP contribution in [0.3, 0.4) is 0 Å². The molecule has 0 heterocycles. The quantitative estimate of drug-likeness (QED) is 0.609. The maximum atomic E-state index is 13.3. The zero-order valence-corrected chi connectivity index (χ0v) is 9.92. The van der Waals surface area contributed by atoms with Crippen molar-refractivity contribution in [1.82, 2.24) is 5.32 Å². The summed E-state index contributed by atoms with van der Waals surface area (Å²) < 4.78 is 13.3. The summed E-state index contributed by atoms with van der Waals surface area (Å²) in [4.78, 5) is 4.02. The van der Waals surface area contributed by atoms with Crippen LogP contribution in [0.2, 0.25) is 0 Å². The average molecular weight is 223 g/mol. The molecule has 16 heavy (non-hydrogen) atoms. The second-order valence-corrected chi connectivity index (χ2v) is 3.73. The van der Waals surface area contributed by atoms with Crippen molar-refractivity contribution in [2.45, 2.75) is 26.8 Å². The van der Waals surface area contributed by atoms with Gasteiger partial charge in [0.15, 0.2) is 5.96 Å². The summed E-state index contributed by atoms with van der Waals surface area (Å²) in [5, 5.41) is 3.00. The second-order valence-electron chi connectivity index (χ2n) is 3.73. The van der Waals surface area contributed by atoms with E-state index in [1.54, 1.807) is 13.0 Å². The summed E-state index contributed by atoms with van der Waals surface area (Å²) >= 11 is 0. The highest BCUT2D eigenvalue weighted by Crippen LogP contribution is 2.15. The van der Waals surface area contributed by atoms with Crippen LogP contribution in [0.5, 0.6) is 0 Å². The Morgan fingerprint density at radius 1 is 1.56 bits per heavy atom. The van der Waals surface area contributed by atoms with Crippen molar-refractivity contribution in [2.75, 3.05) is 6.54 Å². The van der Waals surface area contributed by atoms with Gasteiger partial charge in [0, 0.05) is 6.54 Å². The van der Waals surface area contributed by atoms with Crippen LogP contribution in [0.1, 0.15) is 31.0 Å². The molecule has 0 aromatic heterocycles. The number of nitrogens with one attached hydrogen (secondary N) is 1. The van der Waals surface area contributed by atoms with Gasteiger partial charge in [-0.3, -0.25) is 4.99 Å². The molecule has 3 nitrogen and oxygen atoms in total. The summed E-state index contributed by atoms with van der Waals surface area (Å²) in [5.74, 6) is 0.188. The predicted octanol–water partition coefficient (Wildman–Crippen LogP) is 2.12. The molecular formula is C12H18FN3. The number of rotatable bonds is 3. The molecule has 0 saturated carbocycles. The van der Waals surface area contributed by atoms with Gasteiger partial charge in [-0.15, -0.1) is 0 Å². The van der Waals surface area contributed by atoms with Gasteiger partial charge >= 0.3 is 0 Å². The van der Waals surface area contributed by atoms with Gasteiger partial charge in [0.2, 0.25) is 0 Å². The van der Waals surface area contributed by atoms with Crippen molar-refractivity contribution in [3.05, 3.63) is 35.1 Å². The molecule has 88 valence electrons. The Labute approximate surface area is 95.6 Å². The Balaban J connectivity index is 2.77. The van der Waals surface area contributed by atoms with Crippen LogP contribution < -0.4 is 11.1 Å². The van der Waals surface area contributed by atoms with Crippen LogP contribution in [0.15, 0.2) is 23.2 Å². The first-order chi connectivity index (χ1) is 7.54. The number of aliphatic imine (C=N–C) groups is 1. The molecule has 1 unspecified atom stereocenters. The lowest BCUT2D eigenvalue weighted by Gasteiger charge is -2.15. The molecule has 0 saturated heterocycles. The van der Waals surface area contributed by atoms with Crippen molar-refractivity contribution in [3.63, 3.8) is 0 Å². The first-order valence-electron chi connectivity index (χ1n) is 5.37. The van der Waals surface area contributed by atoms with E-state index in [9.17, 15) is 4.39 Å². The lowest BCUT2D eigenvalue weighted by Crippen LogP contribution is -2.33. The Bertz CT molecular complexity index is 388. The van der Waals surface area contributed by atoms with Crippen LogP contribution in [0.25, 0.3) is 0 Å². The van der Waals surface area contributed by atoms with E-state index >= 15 is 0 Å². The molecule has 1 aromatic carbocycles. The minimum Gasteiger partial charge on any atom is -0.370 e. The summed E-state index contributed by atoms with van der Waals surface area (Å²) in [6.07, 6.45) is 0. The fraction of sp³-hybridized carbons (Fsp3) is 0.417. The van der Waals surface area contributed by atoms with Gasteiger partial charge in [0.25, 0.3) is 0 Å². The van der Waals surface area contributed by atoms with E-state index in [0.29, 0.717) is 18.1 Å². The molecule has 1 rings (SSSR count). The van der Waals surface area contributed by atoms with E-state index in [1.807, 2.05) is 19.9 Å². The highest BCUT2D eigenvalue weighted by molar-refractivity contribution is 5.78. The third kappa shape index (κ3) is 3.22. The minimum absolute atomic E-state index is 0.0506. The highest BCUT2D eigenvalue weighted by Gasteiger charge is 2.07. The summed E-state index contributed by atoms with van der Waals surface area (Å²) in [6, 6.07) is 5.11. The number of nitrogens with two attached hydrogens (primary N) is 1. The number of hydrogen-bond acceptors (Lipinski definition) is 1. The lowest BCUT2D eigenvalue weighted by molar-refractivity contribution is 0.609. The topological polar surface area (TPSA) is 50.4 Å². The van der Waals surface area contributed by atoms with Gasteiger partial charge in [-0.25, -0.2) is 4.39 Å². The van der Waals surface area contributed by atoms with E-state index in [1.165, 1.54) is 6.07 Å². The van der Waals surface area contributed by atoms with Crippen LogP contribution in [0, 0.1) is 12.7 Å². The molecule has 0 amide bonds. The zero-order chi connectivity index (χ0) is 12.1. The normalized spacial score (nSPS) is 13.6. The van der Waals surface area contributed by atoms with Crippen LogP contribution >= 0.6 is 0 Å². The van der Waals surface area contributed by atoms with Crippen molar-refractivity contribution in [2.24, 2.45) is 10.7 Å². The molecule has 4 heteroatoms. The summed E-state index contributed by atoms with van der Waals surface area (Å²) in [6.45, 7) is 6.20. The molecule has 0 aliphatic heterocycles. The summed E-state index contributed by atoms with van der Waals surface area (Å²) in [5.41, 5.74) is 7.14. The van der Waals surface area contributed by atoms with Gasteiger partial charge in [0.1, 0.15) is 5.82 Å². The first kappa shape index (κ1) is 12.5. The Morgan fingerprint density at radius 2 is 2.25 bits per heavy atom. The van der Waals surface area contributed by atoms with E-state index in [-0.39, 0.29) is 11.9 Å². The number of nitrogens with zero attached hydrogens (tertiary/aromatic N) is 1. The Kier molecular flexibility index (Phi) is 4.28. The van der Waals surface area contributed by atoms with Crippen molar-refractivity contribution in [3.8, 4) is 0 Å². The SMILES string of the molecule is CCN=C(N)NC(C)c1ccc(C)c(F)c1. The van der Waals surface area contributed by atoms with Gasteiger partial charge in [-0.05, 0) is 38.0 Å². The largest absolute Gasteiger partial charge is 0.370 e. The highest BCUT2D eigenvalue weighted by atomic mass is 19.1. The van der Waals surface area contributed by atoms with E-state index in [2.05, 4.69) is 10.3 Å².